The molecule has 0 aliphatic heterocycles. The maximum atomic E-state index is 11.3. The van der Waals surface area contributed by atoms with Crippen LogP contribution in [0, 0.1) is 11.8 Å². The summed E-state index contributed by atoms with van der Waals surface area (Å²) in [6.07, 6.45) is 0.943. The summed E-state index contributed by atoms with van der Waals surface area (Å²) in [5.74, 6) is 0.901. The third kappa shape index (κ3) is 4.92. The molecule has 0 aliphatic rings. The van der Waals surface area contributed by atoms with Gasteiger partial charge in [-0.05, 0) is 41.7 Å². The fourth-order valence-electron chi connectivity index (χ4n) is 2.17. The first kappa shape index (κ1) is 19.9. The zero-order chi connectivity index (χ0) is 17.8. The first-order valence-electron chi connectivity index (χ1n) is 8.30. The topological polar surface area (TPSA) is 35.5 Å². The van der Waals surface area contributed by atoms with Crippen LogP contribution in [0.3, 0.4) is 0 Å². The average Bonchev–Trinajstić information content (AvgIpc) is 2.50. The highest BCUT2D eigenvalue weighted by atomic mass is 28.4. The molecule has 0 radical (unpaired) electrons. The van der Waals surface area contributed by atoms with E-state index in [0.29, 0.717) is 0 Å². The fourth-order valence-corrected chi connectivity index (χ4v) is 3.51. The SMILES string of the molecule is COc1ccc([C@H](O[Si](C)(C)C(C)(C)C)[C@H](C)[C@@H](C)C=O)cc1. The Morgan fingerprint density at radius 3 is 2.00 bits per heavy atom. The van der Waals surface area contributed by atoms with E-state index in [1.807, 2.05) is 31.2 Å². The van der Waals surface area contributed by atoms with Gasteiger partial charge in [0.1, 0.15) is 12.0 Å². The quantitative estimate of drug-likeness (QED) is 0.505. The maximum absolute atomic E-state index is 11.3. The van der Waals surface area contributed by atoms with E-state index in [1.165, 1.54) is 0 Å². The van der Waals surface area contributed by atoms with Crippen LogP contribution in [0.5, 0.6) is 5.75 Å². The molecular weight excluding hydrogens is 304 g/mol. The summed E-state index contributed by atoms with van der Waals surface area (Å²) in [7, 11) is -0.279. The van der Waals surface area contributed by atoms with Crippen LogP contribution < -0.4 is 4.74 Å². The van der Waals surface area contributed by atoms with E-state index in [4.69, 9.17) is 9.16 Å². The van der Waals surface area contributed by atoms with E-state index in [0.717, 1.165) is 17.6 Å². The minimum Gasteiger partial charge on any atom is -0.497 e. The van der Waals surface area contributed by atoms with Crippen molar-refractivity contribution < 1.29 is 14.0 Å². The van der Waals surface area contributed by atoms with E-state index in [1.54, 1.807) is 7.11 Å². The number of carbonyl (C=O) groups is 1. The first-order chi connectivity index (χ1) is 10.5. The lowest BCUT2D eigenvalue weighted by atomic mass is 9.88. The van der Waals surface area contributed by atoms with E-state index in [9.17, 15) is 4.79 Å². The molecule has 130 valence electrons. The molecule has 0 unspecified atom stereocenters. The van der Waals surface area contributed by atoms with Crippen LogP contribution in [0.4, 0.5) is 0 Å². The van der Waals surface area contributed by atoms with Crippen molar-refractivity contribution in [2.45, 2.75) is 58.9 Å². The summed E-state index contributed by atoms with van der Waals surface area (Å²) >= 11 is 0. The van der Waals surface area contributed by atoms with Gasteiger partial charge < -0.3 is 14.0 Å². The Kier molecular flexibility index (Phi) is 6.60. The summed E-state index contributed by atoms with van der Waals surface area (Å²) in [6, 6.07) is 8.00. The smallest absolute Gasteiger partial charge is 0.192 e. The molecular formula is C19H32O3Si. The molecule has 0 spiro atoms. The normalized spacial score (nSPS) is 16.5. The Hall–Kier alpha value is -1.13. The lowest BCUT2D eigenvalue weighted by Gasteiger charge is -2.41. The van der Waals surface area contributed by atoms with E-state index >= 15 is 0 Å². The summed E-state index contributed by atoms with van der Waals surface area (Å²) in [5, 5.41) is 0.127. The van der Waals surface area contributed by atoms with Crippen molar-refractivity contribution in [1.82, 2.24) is 0 Å². The Morgan fingerprint density at radius 2 is 1.61 bits per heavy atom. The molecule has 0 bridgehead atoms. The van der Waals surface area contributed by atoms with Crippen LogP contribution in [0.25, 0.3) is 0 Å². The molecule has 0 aliphatic carbocycles. The lowest BCUT2D eigenvalue weighted by molar-refractivity contribution is -0.113. The van der Waals surface area contributed by atoms with Crippen LogP contribution in [0.15, 0.2) is 24.3 Å². The molecule has 4 heteroatoms. The van der Waals surface area contributed by atoms with Crippen LogP contribution in [0.2, 0.25) is 18.1 Å². The van der Waals surface area contributed by atoms with Crippen molar-refractivity contribution >= 4 is 14.6 Å². The number of rotatable bonds is 7. The van der Waals surface area contributed by atoms with Gasteiger partial charge in [0, 0.05) is 5.92 Å². The molecule has 0 saturated heterocycles. The lowest BCUT2D eigenvalue weighted by Crippen LogP contribution is -2.43. The third-order valence-electron chi connectivity index (χ3n) is 5.19. The van der Waals surface area contributed by atoms with Gasteiger partial charge in [-0.25, -0.2) is 0 Å². The Bertz CT molecular complexity index is 502. The molecule has 1 aromatic carbocycles. The minimum absolute atomic E-state index is 0.0492. The largest absolute Gasteiger partial charge is 0.497 e. The highest BCUT2D eigenvalue weighted by Gasteiger charge is 2.41. The standard InChI is InChI=1S/C19H32O3Si/c1-14(13-20)15(2)18(22-23(7,8)19(3,4)5)16-9-11-17(21-6)12-10-16/h9-15,18H,1-8H3/t14-,15+,18+/m0/s1. The first-order valence-corrected chi connectivity index (χ1v) is 11.2. The number of ether oxygens (including phenoxy) is 1. The van der Waals surface area contributed by atoms with Crippen LogP contribution in [-0.2, 0) is 9.22 Å². The number of benzene rings is 1. The van der Waals surface area contributed by atoms with Gasteiger partial charge in [-0.2, -0.15) is 0 Å². The second kappa shape index (κ2) is 7.62. The number of hydrogen-bond donors (Lipinski definition) is 0. The second-order valence-electron chi connectivity index (χ2n) is 7.93. The molecule has 1 rings (SSSR count). The van der Waals surface area contributed by atoms with E-state index in [-0.39, 0.29) is 23.0 Å². The van der Waals surface area contributed by atoms with Crippen molar-refractivity contribution in [2.75, 3.05) is 7.11 Å². The fraction of sp³-hybridized carbons (Fsp3) is 0.632. The van der Waals surface area contributed by atoms with Gasteiger partial charge in [-0.1, -0.05) is 46.8 Å². The Morgan fingerprint density at radius 1 is 1.09 bits per heavy atom. The van der Waals surface area contributed by atoms with Crippen LogP contribution >= 0.6 is 0 Å². The average molecular weight is 337 g/mol. The summed E-state index contributed by atoms with van der Waals surface area (Å²) in [5.41, 5.74) is 1.11. The van der Waals surface area contributed by atoms with Gasteiger partial charge >= 0.3 is 0 Å². The number of carbonyl (C=O) groups excluding carboxylic acids is 1. The molecule has 3 atom stereocenters. The minimum atomic E-state index is -1.94. The monoisotopic (exact) mass is 336 g/mol. The van der Waals surface area contributed by atoms with Crippen molar-refractivity contribution in [1.29, 1.82) is 0 Å². The summed E-state index contributed by atoms with van der Waals surface area (Å²) < 4.78 is 11.9. The molecule has 1 aromatic rings. The van der Waals surface area contributed by atoms with Crippen molar-refractivity contribution in [2.24, 2.45) is 11.8 Å². The molecule has 0 amide bonds. The third-order valence-corrected chi connectivity index (χ3v) is 9.65. The maximum Gasteiger partial charge on any atom is 0.192 e. The molecule has 3 nitrogen and oxygen atoms in total. The van der Waals surface area contributed by atoms with Crippen molar-refractivity contribution in [3.05, 3.63) is 29.8 Å². The summed E-state index contributed by atoms with van der Waals surface area (Å²) in [4.78, 5) is 11.3. The molecule has 0 fully saturated rings. The van der Waals surface area contributed by atoms with Crippen molar-refractivity contribution in [3.8, 4) is 5.75 Å². The van der Waals surface area contributed by atoms with Gasteiger partial charge in [-0.15, -0.1) is 0 Å². The van der Waals surface area contributed by atoms with E-state index < -0.39 is 8.32 Å². The highest BCUT2D eigenvalue weighted by molar-refractivity contribution is 6.74. The Balaban J connectivity index is 3.18. The van der Waals surface area contributed by atoms with E-state index in [2.05, 4.69) is 40.8 Å². The predicted molar refractivity (Wildman–Crippen MR) is 98.4 cm³/mol. The molecule has 0 saturated carbocycles. The zero-order valence-electron chi connectivity index (χ0n) is 15.8. The van der Waals surface area contributed by atoms with Crippen molar-refractivity contribution in [3.63, 3.8) is 0 Å². The van der Waals surface area contributed by atoms with Gasteiger partial charge in [0.2, 0.25) is 0 Å². The molecule has 0 heterocycles. The van der Waals surface area contributed by atoms with Crippen LogP contribution in [0.1, 0.15) is 46.3 Å². The highest BCUT2D eigenvalue weighted by Crippen LogP contribution is 2.42. The number of methoxy groups -OCH3 is 1. The van der Waals surface area contributed by atoms with Gasteiger partial charge in [-0.3, -0.25) is 0 Å². The van der Waals surface area contributed by atoms with Gasteiger partial charge in [0.15, 0.2) is 8.32 Å². The Labute approximate surface area is 142 Å². The predicted octanol–water partition coefficient (Wildman–Crippen LogP) is 5.23. The van der Waals surface area contributed by atoms with Crippen LogP contribution in [-0.4, -0.2) is 21.7 Å². The van der Waals surface area contributed by atoms with Gasteiger partial charge in [0.25, 0.3) is 0 Å². The number of aldehydes is 1. The number of hydrogen-bond acceptors (Lipinski definition) is 3. The summed E-state index contributed by atoms with van der Waals surface area (Å²) in [6.45, 7) is 15.3. The van der Waals surface area contributed by atoms with Gasteiger partial charge in [0.05, 0.1) is 13.2 Å². The molecule has 23 heavy (non-hydrogen) atoms. The second-order valence-corrected chi connectivity index (χ2v) is 12.7. The zero-order valence-corrected chi connectivity index (χ0v) is 16.8. The molecule has 0 aromatic heterocycles. The molecule has 0 N–H and O–H groups in total.